The maximum absolute atomic E-state index is 15.2. The summed E-state index contributed by atoms with van der Waals surface area (Å²) in [6.45, 7) is 15.2. The second-order valence-electron chi connectivity index (χ2n) is 12.3. The van der Waals surface area contributed by atoms with Crippen LogP contribution in [0, 0.1) is 5.82 Å². The van der Waals surface area contributed by atoms with Crippen molar-refractivity contribution in [1.82, 2.24) is 19.1 Å². The fourth-order valence-electron chi connectivity index (χ4n) is 6.26. The van der Waals surface area contributed by atoms with Gasteiger partial charge in [-0.3, -0.25) is 14.1 Å². The average molecular weight is 535 g/mol. The Hall–Kier alpha value is -3.26. The van der Waals surface area contributed by atoms with Gasteiger partial charge in [-0.15, -0.1) is 0 Å². The monoisotopic (exact) mass is 534 g/mol. The largest absolute Gasteiger partial charge is 0.477 e. The predicted molar refractivity (Wildman–Crippen MR) is 155 cm³/mol. The Bertz CT molecular complexity index is 1540. The van der Waals surface area contributed by atoms with Gasteiger partial charge in [0.15, 0.2) is 0 Å². The lowest BCUT2D eigenvalue weighted by atomic mass is 9.95. The number of ether oxygens (including phenoxy) is 1. The highest BCUT2D eigenvalue weighted by Gasteiger charge is 2.40. The van der Waals surface area contributed by atoms with Crippen molar-refractivity contribution in [2.24, 2.45) is 7.05 Å². The van der Waals surface area contributed by atoms with E-state index in [1.165, 1.54) is 38.4 Å². The SMILES string of the molecule is CC(C)n1c(=O)n(C)c2cnc3cc(F)c(-c4ccc(OCCC[N+]5(C(C)(C)C)CCCCC5)nc4)cc3c21. The smallest absolute Gasteiger partial charge is 0.329 e. The van der Waals surface area contributed by atoms with Crippen molar-refractivity contribution in [2.45, 2.75) is 71.9 Å². The number of quaternary nitrogens is 1. The molecular formula is C31H41FN5O2+. The van der Waals surface area contributed by atoms with Gasteiger partial charge in [-0.25, -0.2) is 14.2 Å². The topological polar surface area (TPSA) is 61.9 Å². The van der Waals surface area contributed by atoms with Crippen LogP contribution in [0.15, 0.2) is 41.5 Å². The van der Waals surface area contributed by atoms with E-state index in [0.29, 0.717) is 29.1 Å². The van der Waals surface area contributed by atoms with Crippen LogP contribution in [0.3, 0.4) is 0 Å². The van der Waals surface area contributed by atoms with Crippen LogP contribution in [-0.2, 0) is 7.05 Å². The molecule has 0 saturated carbocycles. The third-order valence-corrected chi connectivity index (χ3v) is 8.64. The molecule has 1 aromatic carbocycles. The van der Waals surface area contributed by atoms with E-state index >= 15 is 4.39 Å². The molecule has 0 amide bonds. The molecule has 0 spiro atoms. The Morgan fingerprint density at radius 1 is 1.08 bits per heavy atom. The molecule has 0 radical (unpaired) electrons. The van der Waals surface area contributed by atoms with Crippen molar-refractivity contribution in [3.05, 3.63) is 53.0 Å². The van der Waals surface area contributed by atoms with E-state index in [1.54, 1.807) is 40.7 Å². The lowest BCUT2D eigenvalue weighted by Gasteiger charge is -2.51. The number of nitrogens with zero attached hydrogens (tertiary/aromatic N) is 5. The van der Waals surface area contributed by atoms with Gasteiger partial charge in [0.05, 0.1) is 54.5 Å². The molecule has 4 aromatic rings. The molecule has 1 aliphatic rings. The molecule has 39 heavy (non-hydrogen) atoms. The Balaban J connectivity index is 1.36. The van der Waals surface area contributed by atoms with Gasteiger partial charge in [0.1, 0.15) is 5.82 Å². The summed E-state index contributed by atoms with van der Waals surface area (Å²) in [5.74, 6) is 0.165. The summed E-state index contributed by atoms with van der Waals surface area (Å²) in [6, 6.07) is 6.82. The highest BCUT2D eigenvalue weighted by molar-refractivity contribution is 6.04. The Morgan fingerprint density at radius 2 is 1.82 bits per heavy atom. The Kier molecular flexibility index (Phi) is 7.27. The number of fused-ring (bicyclic) bond motifs is 3. The molecular weight excluding hydrogens is 493 g/mol. The molecule has 0 unspecified atom stereocenters. The van der Waals surface area contributed by atoms with Crippen LogP contribution in [0.5, 0.6) is 5.88 Å². The van der Waals surface area contributed by atoms with Gasteiger partial charge in [0.25, 0.3) is 0 Å². The van der Waals surface area contributed by atoms with Crippen LogP contribution in [0.25, 0.3) is 33.1 Å². The van der Waals surface area contributed by atoms with Crippen molar-refractivity contribution in [3.8, 4) is 17.0 Å². The lowest BCUT2D eigenvalue weighted by molar-refractivity contribution is -0.974. The molecule has 8 heteroatoms. The first-order chi connectivity index (χ1) is 18.5. The normalized spacial score (nSPS) is 15.9. The van der Waals surface area contributed by atoms with Crippen LogP contribution >= 0.6 is 0 Å². The summed E-state index contributed by atoms with van der Waals surface area (Å²) in [7, 11) is 1.74. The van der Waals surface area contributed by atoms with E-state index in [4.69, 9.17) is 4.74 Å². The van der Waals surface area contributed by atoms with E-state index in [1.807, 2.05) is 19.9 Å². The first-order valence-corrected chi connectivity index (χ1v) is 14.2. The minimum Gasteiger partial charge on any atom is -0.477 e. The van der Waals surface area contributed by atoms with E-state index in [9.17, 15) is 4.79 Å². The summed E-state index contributed by atoms with van der Waals surface area (Å²) in [6.07, 6.45) is 8.20. The van der Waals surface area contributed by atoms with E-state index < -0.39 is 0 Å². The number of aromatic nitrogens is 4. The Labute approximate surface area is 229 Å². The van der Waals surface area contributed by atoms with Gasteiger partial charge in [-0.1, -0.05) is 0 Å². The summed E-state index contributed by atoms with van der Waals surface area (Å²) >= 11 is 0. The zero-order chi connectivity index (χ0) is 27.9. The number of rotatable bonds is 7. The zero-order valence-corrected chi connectivity index (χ0v) is 24.1. The molecule has 0 N–H and O–H groups in total. The number of aryl methyl sites for hydroxylation is 1. The van der Waals surface area contributed by atoms with E-state index in [-0.39, 0.29) is 23.1 Å². The van der Waals surface area contributed by atoms with Gasteiger partial charge in [0, 0.05) is 54.4 Å². The summed E-state index contributed by atoms with van der Waals surface area (Å²) in [5, 5.41) is 0.740. The van der Waals surface area contributed by atoms with Gasteiger partial charge < -0.3 is 9.22 Å². The molecule has 208 valence electrons. The molecule has 7 nitrogen and oxygen atoms in total. The van der Waals surface area contributed by atoms with Gasteiger partial charge in [-0.2, -0.15) is 0 Å². The van der Waals surface area contributed by atoms with E-state index in [0.717, 1.165) is 33.9 Å². The molecule has 1 fully saturated rings. The first kappa shape index (κ1) is 27.3. The minimum absolute atomic E-state index is 0.0476. The number of likely N-dealkylation sites (tertiary alicyclic amines) is 1. The maximum atomic E-state index is 15.2. The molecule has 3 aromatic heterocycles. The highest BCUT2D eigenvalue weighted by atomic mass is 19.1. The molecule has 4 heterocycles. The standard InChI is InChI=1S/C31H41FN5O2/c1-21(2)36-29-24-17-23(25(32)18-26(24)33-20-27(29)35(6)30(36)38)22-11-12-28(34-19-22)39-16-10-15-37(31(3,4)5)13-8-7-9-14-37/h11-12,17-21H,7-10,13-16H2,1-6H3/q+1. The van der Waals surface area contributed by atoms with Gasteiger partial charge in [-0.05, 0) is 66.0 Å². The second kappa shape index (κ2) is 10.4. The number of hydrogen-bond donors (Lipinski definition) is 0. The third-order valence-electron chi connectivity index (χ3n) is 8.64. The van der Waals surface area contributed by atoms with Gasteiger partial charge >= 0.3 is 5.69 Å². The van der Waals surface area contributed by atoms with Crippen LogP contribution < -0.4 is 10.4 Å². The summed E-state index contributed by atoms with van der Waals surface area (Å²) in [5.41, 5.74) is 3.19. The van der Waals surface area contributed by atoms with Crippen molar-refractivity contribution in [2.75, 3.05) is 26.2 Å². The number of hydrogen-bond acceptors (Lipinski definition) is 4. The van der Waals surface area contributed by atoms with E-state index in [2.05, 4.69) is 30.7 Å². The van der Waals surface area contributed by atoms with Crippen molar-refractivity contribution < 1.29 is 13.6 Å². The van der Waals surface area contributed by atoms with Gasteiger partial charge in [0.2, 0.25) is 5.88 Å². The fraction of sp³-hybridized carbons (Fsp3) is 0.516. The second-order valence-corrected chi connectivity index (χ2v) is 12.3. The molecule has 1 saturated heterocycles. The number of imidazole rings is 1. The molecule has 0 bridgehead atoms. The summed E-state index contributed by atoms with van der Waals surface area (Å²) < 4.78 is 25.7. The number of benzene rings is 1. The fourth-order valence-corrected chi connectivity index (χ4v) is 6.26. The molecule has 0 atom stereocenters. The van der Waals surface area contributed by atoms with Crippen LogP contribution in [-0.4, -0.2) is 55.4 Å². The van der Waals surface area contributed by atoms with Crippen molar-refractivity contribution >= 4 is 21.9 Å². The highest BCUT2D eigenvalue weighted by Crippen LogP contribution is 2.33. The van der Waals surface area contributed by atoms with Crippen LogP contribution in [0.4, 0.5) is 4.39 Å². The predicted octanol–water partition coefficient (Wildman–Crippen LogP) is 6.24. The molecule has 0 aliphatic carbocycles. The van der Waals surface area contributed by atoms with Crippen molar-refractivity contribution in [3.63, 3.8) is 0 Å². The first-order valence-electron chi connectivity index (χ1n) is 14.2. The third kappa shape index (κ3) is 4.95. The van der Waals surface area contributed by atoms with Crippen LogP contribution in [0.2, 0.25) is 0 Å². The van der Waals surface area contributed by atoms with Crippen LogP contribution in [0.1, 0.15) is 66.3 Å². The lowest BCUT2D eigenvalue weighted by Crippen LogP contribution is -2.63. The number of halogens is 1. The quantitative estimate of drug-likeness (QED) is 0.208. The maximum Gasteiger partial charge on any atom is 0.329 e. The molecule has 1 aliphatic heterocycles. The average Bonchev–Trinajstić information content (AvgIpc) is 3.16. The zero-order valence-electron chi connectivity index (χ0n) is 24.1. The summed E-state index contributed by atoms with van der Waals surface area (Å²) in [4.78, 5) is 21.8. The number of pyridine rings is 2. The van der Waals surface area contributed by atoms with Crippen molar-refractivity contribution in [1.29, 1.82) is 0 Å². The number of piperidine rings is 1. The molecule has 5 rings (SSSR count). The minimum atomic E-state index is -0.378. The Morgan fingerprint density at radius 3 is 2.46 bits per heavy atom.